The van der Waals surface area contributed by atoms with Crippen molar-refractivity contribution in [2.75, 3.05) is 7.11 Å². The van der Waals surface area contributed by atoms with Crippen LogP contribution >= 0.6 is 0 Å². The van der Waals surface area contributed by atoms with E-state index in [9.17, 15) is 0 Å². The molecule has 25 heavy (non-hydrogen) atoms. The molecule has 0 aliphatic carbocycles. The van der Waals surface area contributed by atoms with E-state index >= 15 is 0 Å². The molecule has 0 unspecified atom stereocenters. The summed E-state index contributed by atoms with van der Waals surface area (Å²) in [7, 11) is 1.90. The zero-order valence-corrected chi connectivity index (χ0v) is 20.4. The van der Waals surface area contributed by atoms with Crippen LogP contribution < -0.4 is 0 Å². The predicted octanol–water partition coefficient (Wildman–Crippen LogP) is 7.86. The summed E-state index contributed by atoms with van der Waals surface area (Å²) >= 11 is -2.09. The van der Waals surface area contributed by atoms with Crippen LogP contribution in [0.3, 0.4) is 0 Å². The van der Waals surface area contributed by atoms with Gasteiger partial charge in [0.2, 0.25) is 0 Å². The second kappa shape index (κ2) is 13.2. The first-order chi connectivity index (χ1) is 12.1. The van der Waals surface area contributed by atoms with Crippen molar-refractivity contribution >= 4 is 18.4 Å². The van der Waals surface area contributed by atoms with Gasteiger partial charge in [-0.1, -0.05) is 0 Å². The van der Waals surface area contributed by atoms with Crippen molar-refractivity contribution in [3.63, 3.8) is 0 Å². The van der Waals surface area contributed by atoms with E-state index in [1.807, 2.05) is 7.11 Å². The Morgan fingerprint density at radius 1 is 0.840 bits per heavy atom. The molecule has 0 N–H and O–H groups in total. The fourth-order valence-electron chi connectivity index (χ4n) is 4.47. The molecule has 0 saturated heterocycles. The van der Waals surface area contributed by atoms with Gasteiger partial charge >= 0.3 is 162 Å². The Balaban J connectivity index is 2.94. The summed E-state index contributed by atoms with van der Waals surface area (Å²) < 4.78 is 12.3. The average molecular weight is 453 g/mol. The molecule has 0 bridgehead atoms. The number of unbranched alkanes of at least 4 members (excludes halogenated alkanes) is 3. The Morgan fingerprint density at radius 2 is 1.32 bits per heavy atom. The normalized spacial score (nSPS) is 14.4. The molecule has 0 aromatic heterocycles. The van der Waals surface area contributed by atoms with Gasteiger partial charge in [0, 0.05) is 0 Å². The summed E-state index contributed by atoms with van der Waals surface area (Å²) in [6.45, 7) is 9.54. The molecule has 0 aliphatic heterocycles. The van der Waals surface area contributed by atoms with Gasteiger partial charge in [-0.25, -0.2) is 0 Å². The maximum atomic E-state index is 5.99. The third-order valence-electron chi connectivity index (χ3n) is 5.84. The fourth-order valence-corrected chi connectivity index (χ4v) is 22.3. The summed E-state index contributed by atoms with van der Waals surface area (Å²) in [5, 5.41) is 0. The van der Waals surface area contributed by atoms with Gasteiger partial charge in [-0.15, -0.1) is 0 Å². The molecule has 0 fully saturated rings. The van der Waals surface area contributed by atoms with Gasteiger partial charge in [0.1, 0.15) is 0 Å². The molecule has 2 atom stereocenters. The van der Waals surface area contributed by atoms with Gasteiger partial charge in [-0.2, -0.15) is 0 Å². The zero-order valence-electron chi connectivity index (χ0n) is 17.5. The Hall–Kier alpha value is -0.0213. The molecule has 1 aromatic rings. The molecular formula is C23H42OSn. The van der Waals surface area contributed by atoms with Crippen molar-refractivity contribution in [2.45, 2.75) is 90.1 Å². The van der Waals surface area contributed by atoms with Crippen LogP contribution in [0.4, 0.5) is 0 Å². The quantitative estimate of drug-likeness (QED) is 0.261. The third kappa shape index (κ3) is 8.03. The van der Waals surface area contributed by atoms with E-state index in [0.717, 1.165) is 0 Å². The Kier molecular flexibility index (Phi) is 12.1. The first-order valence-corrected chi connectivity index (χ1v) is 18.8. The molecule has 1 rings (SSSR count). The first kappa shape index (κ1) is 23.0. The SMILES string of the molecule is CCC[CH2][Sn]([CH2]CCC)([CH2]CCC)[CH2][C@@H](C)[C@H](OC)c1ccccc1. The monoisotopic (exact) mass is 454 g/mol. The molecule has 0 saturated carbocycles. The van der Waals surface area contributed by atoms with Gasteiger partial charge in [-0.3, -0.25) is 0 Å². The number of methoxy groups -OCH3 is 1. The Bertz CT molecular complexity index is 409. The van der Waals surface area contributed by atoms with Crippen molar-refractivity contribution in [3.8, 4) is 0 Å². The summed E-state index contributed by atoms with van der Waals surface area (Å²) in [4.78, 5) is 0. The third-order valence-corrected chi connectivity index (χ3v) is 22.3. The molecule has 2 heteroatoms. The molecule has 1 aromatic carbocycles. The molecule has 0 radical (unpaired) electrons. The van der Waals surface area contributed by atoms with E-state index in [1.54, 1.807) is 13.3 Å². The van der Waals surface area contributed by atoms with Crippen LogP contribution in [0, 0.1) is 5.92 Å². The topological polar surface area (TPSA) is 9.23 Å². The zero-order chi connectivity index (χ0) is 18.5. The van der Waals surface area contributed by atoms with Crippen LogP contribution in [0.2, 0.25) is 17.7 Å². The van der Waals surface area contributed by atoms with Crippen molar-refractivity contribution in [3.05, 3.63) is 35.9 Å². The summed E-state index contributed by atoms with van der Waals surface area (Å²) in [5.41, 5.74) is 1.36. The van der Waals surface area contributed by atoms with Crippen LogP contribution in [0.5, 0.6) is 0 Å². The van der Waals surface area contributed by atoms with Crippen molar-refractivity contribution < 1.29 is 4.74 Å². The molecule has 0 spiro atoms. The number of hydrogen-bond donors (Lipinski definition) is 0. The minimum absolute atomic E-state index is 0.266. The number of rotatable bonds is 14. The van der Waals surface area contributed by atoms with Gasteiger partial charge < -0.3 is 0 Å². The van der Waals surface area contributed by atoms with Gasteiger partial charge in [0.15, 0.2) is 0 Å². The minimum atomic E-state index is -2.09. The molecule has 144 valence electrons. The molecular weight excluding hydrogens is 411 g/mol. The van der Waals surface area contributed by atoms with Crippen LogP contribution in [0.15, 0.2) is 30.3 Å². The summed E-state index contributed by atoms with van der Waals surface area (Å²) in [6, 6.07) is 10.9. The number of benzene rings is 1. The fraction of sp³-hybridized carbons (Fsp3) is 0.739. The molecule has 1 nitrogen and oxygen atoms in total. The van der Waals surface area contributed by atoms with E-state index in [2.05, 4.69) is 58.0 Å². The van der Waals surface area contributed by atoms with Crippen molar-refractivity contribution in [1.29, 1.82) is 0 Å². The van der Waals surface area contributed by atoms with E-state index in [4.69, 9.17) is 4.74 Å². The molecule has 0 heterocycles. The van der Waals surface area contributed by atoms with Gasteiger partial charge in [-0.05, 0) is 0 Å². The van der Waals surface area contributed by atoms with Crippen LogP contribution in [-0.4, -0.2) is 25.5 Å². The Morgan fingerprint density at radius 3 is 1.72 bits per heavy atom. The molecule has 0 aliphatic rings. The van der Waals surface area contributed by atoms with Gasteiger partial charge in [0.25, 0.3) is 0 Å². The van der Waals surface area contributed by atoms with Crippen molar-refractivity contribution in [2.24, 2.45) is 5.92 Å². The van der Waals surface area contributed by atoms with Crippen molar-refractivity contribution in [1.82, 2.24) is 0 Å². The second-order valence-corrected chi connectivity index (χ2v) is 22.1. The van der Waals surface area contributed by atoms with Crippen LogP contribution in [0.1, 0.15) is 77.9 Å². The summed E-state index contributed by atoms with van der Waals surface area (Å²) in [5.74, 6) is 0.647. The van der Waals surface area contributed by atoms with E-state index in [-0.39, 0.29) is 6.10 Å². The predicted molar refractivity (Wildman–Crippen MR) is 115 cm³/mol. The molecule has 0 amide bonds. The average Bonchev–Trinajstić information content (AvgIpc) is 2.64. The maximum absolute atomic E-state index is 5.99. The van der Waals surface area contributed by atoms with E-state index in [0.29, 0.717) is 5.92 Å². The van der Waals surface area contributed by atoms with E-state index in [1.165, 1.54) is 48.5 Å². The number of ether oxygens (including phenoxy) is 1. The second-order valence-electron chi connectivity index (χ2n) is 8.06. The number of hydrogen-bond acceptors (Lipinski definition) is 1. The summed E-state index contributed by atoms with van der Waals surface area (Å²) in [6.07, 6.45) is 8.72. The Labute approximate surface area is 161 Å². The van der Waals surface area contributed by atoms with Gasteiger partial charge in [0.05, 0.1) is 0 Å². The standard InChI is InChI=1S/C11H15O.3C4H9.Sn/c1-9(2)11(12-3)10-7-5-4-6-8-10;3*1-3-4-2;/h4-9,11H,1H2,2-3H3;3*1,3-4H2,2H3;/t9-,11-;;;;/m0..../s1. The van der Waals surface area contributed by atoms with Crippen LogP contribution in [0.25, 0.3) is 0 Å². The van der Waals surface area contributed by atoms with Crippen LogP contribution in [-0.2, 0) is 4.74 Å². The van der Waals surface area contributed by atoms with E-state index < -0.39 is 18.4 Å². The first-order valence-electron chi connectivity index (χ1n) is 10.7.